The van der Waals surface area contributed by atoms with E-state index in [1.54, 1.807) is 204 Å². The summed E-state index contributed by atoms with van der Waals surface area (Å²) in [6.07, 6.45) is 0. The Kier molecular flexibility index (Phi) is 48.8. The van der Waals surface area contributed by atoms with Gasteiger partial charge in [-0.05, 0) is 204 Å². The molecule has 0 radical (unpaired) electrons. The van der Waals surface area contributed by atoms with Crippen LogP contribution >= 0.6 is 97.1 Å². The van der Waals surface area contributed by atoms with Gasteiger partial charge >= 0.3 is 29.5 Å². The summed E-state index contributed by atoms with van der Waals surface area (Å²) in [7, 11) is 1.81. The number of benzene rings is 8. The van der Waals surface area contributed by atoms with E-state index in [0.29, 0.717) is 160 Å². The molecule has 2 aliphatic heterocycles. The second-order valence-electron chi connectivity index (χ2n) is 32.9. The molecule has 0 aliphatic carbocycles. The Hall–Kier alpha value is -10.9. The van der Waals surface area contributed by atoms with E-state index in [1.165, 1.54) is 59.8 Å². The molecule has 12 aromatic rings. The third-order valence-corrected chi connectivity index (χ3v) is 26.4. The van der Waals surface area contributed by atoms with Crippen LogP contribution in [0.15, 0.2) is 191 Å². The number of carboxylic acids is 2. The number of aromatic nitrogens is 7. The molecular weight excluding hydrogens is 2090 g/mol. The molecule has 8 aromatic carbocycles. The number of carbonyl (C=O) groups excluding carboxylic acids is 4. The number of aromatic carboxylic acids is 2. The number of sulfonamides is 2. The van der Waals surface area contributed by atoms with Gasteiger partial charge in [0.2, 0.25) is 37.1 Å². The Morgan fingerprint density at radius 2 is 0.866 bits per heavy atom. The normalized spacial score (nSPS) is 12.7. The van der Waals surface area contributed by atoms with Crippen molar-refractivity contribution in [1.82, 2.24) is 52.5 Å². The van der Waals surface area contributed by atoms with E-state index < -0.39 is 56.6 Å². The lowest BCUT2D eigenvalue weighted by Gasteiger charge is -2.43. The summed E-state index contributed by atoms with van der Waals surface area (Å²) in [5, 5.41) is 27.7. The molecule has 8 N–H and O–H groups in total. The summed E-state index contributed by atoms with van der Waals surface area (Å²) in [5.41, 5.74) is 11.7. The Labute approximate surface area is 867 Å². The SMILES string of the molecule is CC(=O)OC(C)=O.CC(C)C(=O)Cl.CC(C)C(=O)Nc1ccc(Cl)cc1C(=O)O.CC(C)c1nc2ccc(Cl)cc2c(=O)n1C.CC(C)c1nc2ccc(Cl)cc2c(=O)o1.CN.COc1ccc(S(=O)(=O)N2CCN(C(C)(C)c3nc4ccc(Cl)cc4c(=O)n3C)CC2)cc1.COc1ccc(S(=O)(=O)N2CCNCC2)cc1.Cn1c(C(C)(C)Br)nc2ccc(Cl)cc2c1=O.Nc1ccc(Cl)cc1C(=O)O.[2H]CF. The smallest absolute Gasteiger partial charge is 0.346 e. The molecule has 1 amide bonds. The molecule has 0 saturated carbocycles. The predicted molar refractivity (Wildman–Crippen MR) is 562 cm³/mol. The van der Waals surface area contributed by atoms with Crippen LogP contribution in [0.1, 0.15) is 154 Å². The number of nitrogens with zero attached hydrogens (tertiary/aromatic N) is 10. The lowest BCUT2D eigenvalue weighted by molar-refractivity contribution is -0.156. The number of alkyl halides is 2. The number of piperazine rings is 2. The Morgan fingerprint density at radius 1 is 0.514 bits per heavy atom. The van der Waals surface area contributed by atoms with Crippen molar-refractivity contribution in [3.8, 4) is 11.5 Å². The van der Waals surface area contributed by atoms with Crippen LogP contribution in [-0.4, -0.2) is 190 Å². The second kappa shape index (κ2) is 57.0. The summed E-state index contributed by atoms with van der Waals surface area (Å²) < 4.78 is 92.7. The van der Waals surface area contributed by atoms with Crippen molar-refractivity contribution < 1.29 is 80.2 Å². The van der Waals surface area contributed by atoms with Crippen molar-refractivity contribution >= 4 is 207 Å². The van der Waals surface area contributed by atoms with Crippen molar-refractivity contribution in [2.24, 2.45) is 38.7 Å². The number of esters is 2. The van der Waals surface area contributed by atoms with Gasteiger partial charge in [0.15, 0.2) is 0 Å². The number of fused-ring (bicyclic) bond motifs is 4. The third-order valence-electron chi connectivity index (χ3n) is 20.3. The van der Waals surface area contributed by atoms with Crippen molar-refractivity contribution in [3.63, 3.8) is 0 Å². The zero-order valence-electron chi connectivity index (χ0n) is 82.8. The quantitative estimate of drug-likeness (QED) is 0.0172. The number of amides is 1. The van der Waals surface area contributed by atoms with Gasteiger partial charge in [0.1, 0.15) is 29.0 Å². The lowest BCUT2D eigenvalue weighted by Crippen LogP contribution is -2.55. The van der Waals surface area contributed by atoms with Crippen LogP contribution in [0.25, 0.3) is 43.6 Å². The molecule has 0 atom stereocenters. The summed E-state index contributed by atoms with van der Waals surface area (Å²) in [4.78, 5) is 132. The minimum absolute atomic E-state index is 0.0125. The van der Waals surface area contributed by atoms with Crippen LogP contribution < -0.4 is 53.9 Å². The van der Waals surface area contributed by atoms with E-state index in [2.05, 4.69) is 56.9 Å². The van der Waals surface area contributed by atoms with Crippen molar-refractivity contribution in [2.75, 3.05) is 91.8 Å². The van der Waals surface area contributed by atoms with Crippen molar-refractivity contribution in [2.45, 2.75) is 128 Å². The van der Waals surface area contributed by atoms with E-state index in [4.69, 9.17) is 117 Å². The Morgan fingerprint density at radius 3 is 1.23 bits per heavy atom. The molecule has 0 unspecified atom stereocenters. The predicted octanol–water partition coefficient (Wildman–Crippen LogP) is 17.9. The summed E-state index contributed by atoms with van der Waals surface area (Å²) in [5.74, 6) is 0.359. The number of rotatable bonds is 16. The fourth-order valence-corrected chi connectivity index (χ4v) is 17.2. The zero-order chi connectivity index (χ0) is 108. The van der Waals surface area contributed by atoms with E-state index in [0.717, 1.165) is 5.82 Å². The molecule has 2 fully saturated rings. The molecule has 2 aliphatic rings. The van der Waals surface area contributed by atoms with Gasteiger partial charge in [0.25, 0.3) is 16.7 Å². The molecule has 6 heterocycles. The molecule has 142 heavy (non-hydrogen) atoms. The van der Waals surface area contributed by atoms with Crippen molar-refractivity contribution in [3.05, 3.63) is 264 Å². The molecule has 45 heteroatoms. The van der Waals surface area contributed by atoms with Crippen LogP contribution in [0.4, 0.5) is 15.8 Å². The van der Waals surface area contributed by atoms with E-state index in [1.807, 2.05) is 55.4 Å². The first-order valence-electron chi connectivity index (χ1n) is 44.0. The average Bonchev–Trinajstić information content (AvgIpc) is 0.751. The van der Waals surface area contributed by atoms with Gasteiger partial charge < -0.3 is 50.9 Å². The largest absolute Gasteiger partial charge is 0.497 e. The van der Waals surface area contributed by atoms with Crippen LogP contribution in [-0.2, 0) is 75.0 Å². The van der Waals surface area contributed by atoms with Crippen LogP contribution in [0, 0.1) is 11.8 Å². The highest BCUT2D eigenvalue weighted by Crippen LogP contribution is 2.33. The number of methoxy groups -OCH3 is 2. The van der Waals surface area contributed by atoms with Crippen molar-refractivity contribution in [1.29, 1.82) is 0 Å². The highest BCUT2D eigenvalue weighted by Gasteiger charge is 2.38. The number of nitrogens with one attached hydrogen (secondary N) is 2. The molecule has 0 bridgehead atoms. The molecule has 2 saturated heterocycles. The number of hydrogen-bond acceptors (Lipinski definition) is 26. The number of hydrogen-bond donors (Lipinski definition) is 6. The van der Waals surface area contributed by atoms with Gasteiger partial charge in [-0.25, -0.2) is 51.2 Å². The third kappa shape index (κ3) is 35.8. The molecule has 0 spiro atoms. The van der Waals surface area contributed by atoms with Gasteiger partial charge in [-0.3, -0.25) is 56.6 Å². The van der Waals surface area contributed by atoms with Gasteiger partial charge in [0, 0.05) is 147 Å². The first kappa shape index (κ1) is 122. The second-order valence-corrected chi connectivity index (χ2v) is 41.7. The molecule has 14 rings (SSSR count). The maximum absolute atomic E-state index is 13.1. The summed E-state index contributed by atoms with van der Waals surface area (Å²) >= 11 is 43.3. The maximum atomic E-state index is 13.1. The standard InChI is InChI=1S/C23H27ClN4O4S.C12H12BrClN2O.C12H13ClN2O.C11H12ClNO3.C11H10ClNO2.C11H16N2O3S.C7H6ClNO2.C4H7ClO.C4H6O3.CH3F.CH5N/c1-23(2,22-25-20-10-5-16(24)15-19(20)21(29)26(22)3)27-11-13-28(14-12-27)33(30,31)18-8-6-17(32-4)7-9-18;1-12(2,13)11-15-9-5-4-7(14)6-8(9)10(17)16(11)3;1-7(2)11-14-10-5-4-8(13)6-9(10)12(16)15(11)3;1-6(2)10(14)13-9-4-3-7(12)5-8(9)11(15)16;1-6(2)10-13-9-4-3-7(12)5-8(9)11(14)15-10;1-16-10-2-4-11(5-3-10)17(14,15)13-8-6-12-7-9-13;8-4-1-2-6(9)5(3-4)7(10)11;1-3(2)4(5)6;1-3(5)7-4(2)6;2*1-2/h5-10,15H,11-14H2,1-4H3;4-6H,1-3H3;4-7H,1-3H3;3-6H,1-2H3,(H,13,14)(H,15,16);3-6H,1-2H3;2-5,12H,6-9H2,1H3;1-3H,9H2,(H,10,11);3H,1-2H3;1-2H3;1H3;2H2,1H3/i;;;;;;;;;1D;. The number of carboxylic acid groups (broad SMARTS) is 2. The number of halogens is 9. The van der Waals surface area contributed by atoms with Gasteiger partial charge in [-0.2, -0.15) is 8.61 Å². The monoisotopic (exact) mass is 2210 g/mol. The molecule has 34 nitrogen and oxygen atoms in total. The molecule has 4 aromatic heterocycles. The van der Waals surface area contributed by atoms with Gasteiger partial charge in [-0.1, -0.05) is 141 Å². The summed E-state index contributed by atoms with van der Waals surface area (Å²) in [6.45, 7) is 29.3. The first-order chi connectivity index (χ1) is 66.8. The number of nitrogens with two attached hydrogens (primary N) is 2. The number of nitrogen functional groups attached to an aromatic ring is 1. The number of carbonyl (C=O) groups is 6. The van der Waals surface area contributed by atoms with Crippen LogP contribution in [0.5, 0.6) is 11.5 Å². The minimum atomic E-state index is -3.60. The number of anilines is 2. The van der Waals surface area contributed by atoms with Gasteiger partial charge in [0.05, 0.1) is 103 Å². The minimum Gasteiger partial charge on any atom is -0.497 e. The van der Waals surface area contributed by atoms with E-state index >= 15 is 0 Å². The van der Waals surface area contributed by atoms with Crippen LogP contribution in [0.2, 0.25) is 30.1 Å². The number of ether oxygens (including phenoxy) is 3. The lowest BCUT2D eigenvalue weighted by atomic mass is 9.99. The van der Waals surface area contributed by atoms with E-state index in [9.17, 15) is 69.2 Å². The van der Waals surface area contributed by atoms with Gasteiger partial charge in [-0.15, -0.1) is 0 Å². The van der Waals surface area contributed by atoms with Crippen LogP contribution in [0.3, 0.4) is 0 Å². The fraction of sp³-hybridized carbons (Fsp3) is 0.361. The highest BCUT2D eigenvalue weighted by molar-refractivity contribution is 9.09. The first-order valence-corrected chi connectivity index (χ1v) is 49.6. The molecular formula is C97H117BrCl7FN14O20S2. The Bertz CT molecular complexity index is 6920. The Balaban J connectivity index is 0.000000345. The van der Waals surface area contributed by atoms with E-state index in [-0.39, 0.29) is 88.8 Å². The fourth-order valence-electron chi connectivity index (χ4n) is 13.0. The molecule has 770 valence electrons. The zero-order valence-corrected chi connectivity index (χ0v) is 90.3. The topological polar surface area (TPSA) is 472 Å². The maximum Gasteiger partial charge on any atom is 0.346 e. The highest BCUT2D eigenvalue weighted by atomic mass is 79.9. The summed E-state index contributed by atoms with van der Waals surface area (Å²) in [6, 6.07) is 42.0. The average molecular weight is 2210 g/mol.